The summed E-state index contributed by atoms with van der Waals surface area (Å²) < 4.78 is 0. The highest BCUT2D eigenvalue weighted by atomic mass is 16.1. The monoisotopic (exact) mass is 182 g/mol. The number of aliphatic imine (C=N–C) groups is 1. The molecule has 3 heteroatoms. The Balaban J connectivity index is 2.48. The molecule has 1 saturated heterocycles. The Morgan fingerprint density at radius 2 is 2.15 bits per heavy atom. The smallest absolute Gasteiger partial charge is 0.234 e. The zero-order valence-corrected chi connectivity index (χ0v) is 8.49. The third-order valence-electron chi connectivity index (χ3n) is 3.06. The van der Waals surface area contributed by atoms with Gasteiger partial charge in [-0.1, -0.05) is 13.3 Å². The molecule has 0 bridgehead atoms. The maximum Gasteiger partial charge on any atom is 0.234 e. The molecule has 0 aromatic heterocycles. The van der Waals surface area contributed by atoms with Crippen LogP contribution in [0.5, 0.6) is 0 Å². The molecule has 0 N–H and O–H groups in total. The summed E-state index contributed by atoms with van der Waals surface area (Å²) in [6.45, 7) is 2.84. The van der Waals surface area contributed by atoms with Crippen LogP contribution in [0.1, 0.15) is 32.6 Å². The number of rotatable bonds is 3. The van der Waals surface area contributed by atoms with Crippen molar-refractivity contribution < 1.29 is 4.79 Å². The van der Waals surface area contributed by atoms with E-state index in [0.717, 1.165) is 6.42 Å². The average Bonchev–Trinajstić information content (AvgIpc) is 2.16. The first-order chi connectivity index (χ1) is 6.29. The molecule has 2 unspecified atom stereocenters. The fourth-order valence-corrected chi connectivity index (χ4v) is 2.15. The van der Waals surface area contributed by atoms with Crippen molar-refractivity contribution in [2.75, 3.05) is 13.6 Å². The summed E-state index contributed by atoms with van der Waals surface area (Å²) in [6, 6.07) is 1.14. The minimum absolute atomic E-state index is 0.458. The largest absolute Gasteiger partial charge is 0.299 e. The van der Waals surface area contributed by atoms with Gasteiger partial charge in [-0.05, 0) is 26.3 Å². The second kappa shape index (κ2) is 5.15. The molecule has 13 heavy (non-hydrogen) atoms. The van der Waals surface area contributed by atoms with E-state index in [2.05, 4.69) is 23.9 Å². The first-order valence-electron chi connectivity index (χ1n) is 5.05. The van der Waals surface area contributed by atoms with E-state index in [0.29, 0.717) is 18.6 Å². The van der Waals surface area contributed by atoms with Crippen LogP contribution in [-0.4, -0.2) is 36.7 Å². The van der Waals surface area contributed by atoms with Crippen LogP contribution >= 0.6 is 0 Å². The average molecular weight is 182 g/mol. The maximum atomic E-state index is 10.00. The van der Waals surface area contributed by atoms with Gasteiger partial charge in [0.2, 0.25) is 6.08 Å². The second-order valence-electron chi connectivity index (χ2n) is 3.74. The van der Waals surface area contributed by atoms with Crippen molar-refractivity contribution in [3.05, 3.63) is 0 Å². The minimum Gasteiger partial charge on any atom is -0.299 e. The first-order valence-corrected chi connectivity index (χ1v) is 5.05. The van der Waals surface area contributed by atoms with E-state index in [4.69, 9.17) is 0 Å². The van der Waals surface area contributed by atoms with Gasteiger partial charge in [0.05, 0.1) is 6.54 Å². The Bertz CT molecular complexity index is 199. The number of likely N-dealkylation sites (N-methyl/N-ethyl adjacent to an activating group) is 1. The molecule has 1 fully saturated rings. The molecular weight excluding hydrogens is 164 g/mol. The molecule has 0 aromatic rings. The Labute approximate surface area is 79.8 Å². The topological polar surface area (TPSA) is 32.7 Å². The zero-order valence-electron chi connectivity index (χ0n) is 8.49. The Morgan fingerprint density at radius 1 is 1.46 bits per heavy atom. The van der Waals surface area contributed by atoms with Crippen LogP contribution in [0.15, 0.2) is 4.99 Å². The normalized spacial score (nSPS) is 29.7. The molecule has 0 saturated carbocycles. The lowest BCUT2D eigenvalue weighted by Crippen LogP contribution is -2.45. The van der Waals surface area contributed by atoms with Crippen molar-refractivity contribution in [2.24, 2.45) is 4.99 Å². The number of hydrogen-bond acceptors (Lipinski definition) is 3. The third kappa shape index (κ3) is 2.64. The molecule has 0 spiro atoms. The molecule has 1 aliphatic heterocycles. The summed E-state index contributed by atoms with van der Waals surface area (Å²) in [5.41, 5.74) is 0. The molecular formula is C10H18N2O. The van der Waals surface area contributed by atoms with Crippen LogP contribution < -0.4 is 0 Å². The molecule has 2 atom stereocenters. The van der Waals surface area contributed by atoms with Gasteiger partial charge >= 0.3 is 0 Å². The SMILES string of the molecule is CCC1CCCC(CN=C=O)N1C. The third-order valence-corrected chi connectivity index (χ3v) is 3.06. The van der Waals surface area contributed by atoms with Crippen LogP contribution in [-0.2, 0) is 4.79 Å². The minimum atomic E-state index is 0.458. The molecule has 0 aliphatic carbocycles. The molecule has 74 valence electrons. The highest BCUT2D eigenvalue weighted by molar-refractivity contribution is 5.32. The van der Waals surface area contributed by atoms with Crippen LogP contribution in [0.4, 0.5) is 0 Å². The van der Waals surface area contributed by atoms with Gasteiger partial charge in [-0.2, -0.15) is 0 Å². The van der Waals surface area contributed by atoms with Crippen molar-refractivity contribution in [3.63, 3.8) is 0 Å². The molecule has 0 aromatic carbocycles. The lowest BCUT2D eigenvalue weighted by molar-refractivity contribution is 0.116. The molecule has 0 radical (unpaired) electrons. The van der Waals surface area contributed by atoms with E-state index in [9.17, 15) is 4.79 Å². The Kier molecular flexibility index (Phi) is 4.13. The summed E-state index contributed by atoms with van der Waals surface area (Å²) in [4.78, 5) is 16.0. The number of isocyanates is 1. The van der Waals surface area contributed by atoms with Crippen LogP contribution in [0.2, 0.25) is 0 Å². The summed E-state index contributed by atoms with van der Waals surface area (Å²) in [5.74, 6) is 0. The lowest BCUT2D eigenvalue weighted by Gasteiger charge is -2.38. The van der Waals surface area contributed by atoms with Gasteiger partial charge in [0.15, 0.2) is 0 Å². The number of nitrogens with zero attached hydrogens (tertiary/aromatic N) is 2. The van der Waals surface area contributed by atoms with Gasteiger partial charge in [-0.15, -0.1) is 0 Å². The van der Waals surface area contributed by atoms with E-state index in [-0.39, 0.29) is 0 Å². The molecule has 1 heterocycles. The number of carbonyl (C=O) groups excluding carboxylic acids is 1. The lowest BCUT2D eigenvalue weighted by atomic mass is 9.95. The molecule has 3 nitrogen and oxygen atoms in total. The van der Waals surface area contributed by atoms with Gasteiger partial charge in [-0.3, -0.25) is 4.90 Å². The van der Waals surface area contributed by atoms with Crippen molar-refractivity contribution in [3.8, 4) is 0 Å². The van der Waals surface area contributed by atoms with Gasteiger partial charge in [0.1, 0.15) is 0 Å². The summed E-state index contributed by atoms with van der Waals surface area (Å²) in [5, 5.41) is 0. The number of hydrogen-bond donors (Lipinski definition) is 0. The molecule has 1 aliphatic rings. The number of likely N-dealkylation sites (tertiary alicyclic amines) is 1. The van der Waals surface area contributed by atoms with Crippen LogP contribution in [0.3, 0.4) is 0 Å². The van der Waals surface area contributed by atoms with Gasteiger partial charge in [0.25, 0.3) is 0 Å². The maximum absolute atomic E-state index is 10.00. The van der Waals surface area contributed by atoms with Gasteiger partial charge < -0.3 is 0 Å². The van der Waals surface area contributed by atoms with Crippen molar-refractivity contribution in [1.29, 1.82) is 0 Å². The molecule has 0 amide bonds. The summed E-state index contributed by atoms with van der Waals surface area (Å²) in [6.07, 6.45) is 6.53. The van der Waals surface area contributed by atoms with E-state index in [1.165, 1.54) is 19.3 Å². The first kappa shape index (κ1) is 10.4. The van der Waals surface area contributed by atoms with Crippen molar-refractivity contribution >= 4 is 6.08 Å². The highest BCUT2D eigenvalue weighted by Crippen LogP contribution is 2.23. The Hall–Kier alpha value is -0.660. The van der Waals surface area contributed by atoms with Gasteiger partial charge in [0, 0.05) is 12.1 Å². The second-order valence-corrected chi connectivity index (χ2v) is 3.74. The van der Waals surface area contributed by atoms with Gasteiger partial charge in [-0.25, -0.2) is 9.79 Å². The van der Waals surface area contributed by atoms with E-state index >= 15 is 0 Å². The standard InChI is InChI=1S/C10H18N2O/c1-3-9-5-4-6-10(12(9)2)7-11-8-13/h9-10H,3-7H2,1-2H3. The van der Waals surface area contributed by atoms with Crippen LogP contribution in [0, 0.1) is 0 Å². The quantitative estimate of drug-likeness (QED) is 0.490. The fraction of sp³-hybridized carbons (Fsp3) is 0.900. The molecule has 1 rings (SSSR count). The zero-order chi connectivity index (χ0) is 9.68. The van der Waals surface area contributed by atoms with Crippen molar-refractivity contribution in [2.45, 2.75) is 44.7 Å². The van der Waals surface area contributed by atoms with E-state index < -0.39 is 0 Å². The summed E-state index contributed by atoms with van der Waals surface area (Å²) >= 11 is 0. The Morgan fingerprint density at radius 3 is 2.77 bits per heavy atom. The fourth-order valence-electron chi connectivity index (χ4n) is 2.15. The van der Waals surface area contributed by atoms with E-state index in [1.54, 1.807) is 6.08 Å². The summed E-state index contributed by atoms with van der Waals surface area (Å²) in [7, 11) is 2.14. The predicted molar refractivity (Wildman–Crippen MR) is 52.5 cm³/mol. The van der Waals surface area contributed by atoms with Crippen molar-refractivity contribution in [1.82, 2.24) is 4.90 Å². The van der Waals surface area contributed by atoms with E-state index in [1.807, 2.05) is 0 Å². The number of piperidine rings is 1. The van der Waals surface area contributed by atoms with Crippen LogP contribution in [0.25, 0.3) is 0 Å². The highest BCUT2D eigenvalue weighted by Gasteiger charge is 2.25. The predicted octanol–water partition coefficient (Wildman–Crippen LogP) is 1.59.